The molecule has 0 radical (unpaired) electrons. The third kappa shape index (κ3) is 8.93. The van der Waals surface area contributed by atoms with E-state index in [-0.39, 0.29) is 29.7 Å². The van der Waals surface area contributed by atoms with Gasteiger partial charge in [0.15, 0.2) is 5.78 Å². The van der Waals surface area contributed by atoms with Crippen LogP contribution in [0, 0.1) is 11.8 Å². The van der Waals surface area contributed by atoms with Crippen molar-refractivity contribution < 1.29 is 14.3 Å². The highest BCUT2D eigenvalue weighted by Gasteiger charge is 2.38. The zero-order valence-electron chi connectivity index (χ0n) is 27.8. The summed E-state index contributed by atoms with van der Waals surface area (Å²) in [5.74, 6) is 1.50. The molecule has 0 bridgehead atoms. The Morgan fingerprint density at radius 2 is 1.07 bits per heavy atom. The third-order valence-electron chi connectivity index (χ3n) is 8.56. The van der Waals surface area contributed by atoms with Gasteiger partial charge in [0, 0.05) is 23.6 Å². The van der Waals surface area contributed by atoms with E-state index in [2.05, 4.69) is 95.2 Å². The van der Waals surface area contributed by atoms with Crippen LogP contribution < -0.4 is 9.47 Å². The van der Waals surface area contributed by atoms with Crippen molar-refractivity contribution in [3.05, 3.63) is 138 Å². The zero-order chi connectivity index (χ0) is 32.3. The molecule has 0 aliphatic heterocycles. The number of nitrogens with zero attached hydrogens (tertiary/aromatic N) is 2. The molecule has 5 heteroatoms. The highest BCUT2D eigenvalue weighted by Crippen LogP contribution is 2.35. The minimum absolute atomic E-state index is 0.0520. The Bertz CT molecular complexity index is 1530. The number of ether oxygens (including phenoxy) is 2. The monoisotopic (exact) mass is 604 g/mol. The number of hydrogen-bond acceptors (Lipinski definition) is 5. The molecule has 0 aliphatic rings. The van der Waals surface area contributed by atoms with Crippen molar-refractivity contribution in [2.24, 2.45) is 11.8 Å². The van der Waals surface area contributed by atoms with Crippen molar-refractivity contribution in [3.63, 3.8) is 0 Å². The van der Waals surface area contributed by atoms with Gasteiger partial charge in [-0.1, -0.05) is 105 Å². The van der Waals surface area contributed by atoms with Gasteiger partial charge in [-0.2, -0.15) is 0 Å². The van der Waals surface area contributed by atoms with Crippen molar-refractivity contribution in [1.29, 1.82) is 0 Å². The van der Waals surface area contributed by atoms with E-state index in [1.165, 1.54) is 5.57 Å². The molecule has 4 rings (SSSR count). The Morgan fingerprint density at radius 3 is 1.53 bits per heavy atom. The second-order valence-corrected chi connectivity index (χ2v) is 12.2. The highest BCUT2D eigenvalue weighted by atomic mass is 16.5. The lowest BCUT2D eigenvalue weighted by molar-refractivity contribution is 0.0648. The predicted octanol–water partition coefficient (Wildman–Crippen LogP) is 8.26. The van der Waals surface area contributed by atoms with Crippen LogP contribution >= 0.6 is 0 Å². The van der Waals surface area contributed by atoms with Crippen molar-refractivity contribution in [2.45, 2.75) is 46.1 Å². The van der Waals surface area contributed by atoms with Gasteiger partial charge >= 0.3 is 0 Å². The summed E-state index contributed by atoms with van der Waals surface area (Å²) in [5.41, 5.74) is 5.24. The van der Waals surface area contributed by atoms with Gasteiger partial charge in [0.25, 0.3) is 0 Å². The number of carbonyl (C=O) groups excluding carboxylic acids is 1. The number of carbonyl (C=O) groups is 1. The number of likely N-dealkylation sites (N-methyl/N-ethyl adjacent to an activating group) is 2. The summed E-state index contributed by atoms with van der Waals surface area (Å²) in [6.07, 6.45) is 2.20. The van der Waals surface area contributed by atoms with E-state index in [4.69, 9.17) is 9.47 Å². The molecule has 0 aromatic heterocycles. The Balaban J connectivity index is 1.54. The minimum Gasteiger partial charge on any atom is -0.489 e. The highest BCUT2D eigenvalue weighted by molar-refractivity contribution is 5.98. The fourth-order valence-corrected chi connectivity index (χ4v) is 6.38. The van der Waals surface area contributed by atoms with E-state index in [0.29, 0.717) is 24.5 Å². The maximum atomic E-state index is 14.1. The van der Waals surface area contributed by atoms with E-state index in [9.17, 15) is 4.79 Å². The van der Waals surface area contributed by atoms with Crippen LogP contribution in [0.2, 0.25) is 0 Å². The number of rotatable bonds is 15. The second kappa shape index (κ2) is 16.2. The average Bonchev–Trinajstić information content (AvgIpc) is 3.06. The molecule has 4 aromatic carbocycles. The molecule has 5 nitrogen and oxygen atoms in total. The lowest BCUT2D eigenvalue weighted by atomic mass is 9.77. The first-order valence-corrected chi connectivity index (χ1v) is 15.8. The fraction of sp³-hybridized carbons (Fsp3) is 0.325. The largest absolute Gasteiger partial charge is 0.489 e. The van der Waals surface area contributed by atoms with Gasteiger partial charge < -0.3 is 19.3 Å². The zero-order valence-corrected chi connectivity index (χ0v) is 27.8. The molecule has 4 atom stereocenters. The van der Waals surface area contributed by atoms with Crippen LogP contribution in [0.25, 0.3) is 5.57 Å². The number of Topliss-reactive ketones (excluding diaryl/α,β-unsaturated/α-hetero) is 1. The lowest BCUT2D eigenvalue weighted by Gasteiger charge is -2.43. The van der Waals surface area contributed by atoms with Gasteiger partial charge in [-0.25, -0.2) is 0 Å². The van der Waals surface area contributed by atoms with Crippen molar-refractivity contribution in [2.75, 3.05) is 28.2 Å². The second-order valence-electron chi connectivity index (χ2n) is 12.2. The number of benzene rings is 4. The van der Waals surface area contributed by atoms with Crippen molar-refractivity contribution >= 4 is 11.4 Å². The van der Waals surface area contributed by atoms with Crippen LogP contribution in [0.1, 0.15) is 47.8 Å². The standard InChI is InChI=1S/C40H48N2O3/c1-8-37(33-21-15-23-35(25-33)44-27-31-17-11-9-12-18-31)29(2)38(41(4)5)39(42(6)7)30(3)40(43)34-22-16-24-36(26-34)45-28-32-19-13-10-14-20-32/h8-26,29-30,38-39H,27-28H2,1-7H3. The Labute approximate surface area is 270 Å². The molecule has 0 amide bonds. The quantitative estimate of drug-likeness (QED) is 0.128. The molecule has 0 spiro atoms. The molecule has 4 unspecified atom stereocenters. The summed E-state index contributed by atoms with van der Waals surface area (Å²) in [4.78, 5) is 18.5. The lowest BCUT2D eigenvalue weighted by Crippen LogP contribution is -2.55. The fourth-order valence-electron chi connectivity index (χ4n) is 6.38. The summed E-state index contributed by atoms with van der Waals surface area (Å²) in [6, 6.07) is 36.2. The Kier molecular flexibility index (Phi) is 12.1. The van der Waals surface area contributed by atoms with Gasteiger partial charge in [0.05, 0.1) is 0 Å². The summed E-state index contributed by atoms with van der Waals surface area (Å²) >= 11 is 0. The van der Waals surface area contributed by atoms with Gasteiger partial charge in [-0.15, -0.1) is 0 Å². The van der Waals surface area contributed by atoms with Gasteiger partial charge in [-0.3, -0.25) is 4.79 Å². The van der Waals surface area contributed by atoms with E-state index in [1.807, 2.05) is 78.9 Å². The van der Waals surface area contributed by atoms with Gasteiger partial charge in [-0.05, 0) is 87.6 Å². The van der Waals surface area contributed by atoms with E-state index in [1.54, 1.807) is 0 Å². The third-order valence-corrected chi connectivity index (χ3v) is 8.56. The molecule has 236 valence electrons. The van der Waals surface area contributed by atoms with E-state index in [0.717, 1.165) is 22.4 Å². The minimum atomic E-state index is -0.266. The maximum Gasteiger partial charge on any atom is 0.167 e. The molecule has 45 heavy (non-hydrogen) atoms. The Hall–Kier alpha value is -4.19. The van der Waals surface area contributed by atoms with Crippen molar-refractivity contribution in [1.82, 2.24) is 9.80 Å². The molecule has 4 aromatic rings. The number of ketones is 1. The summed E-state index contributed by atoms with van der Waals surface area (Å²) in [6.45, 7) is 7.39. The van der Waals surface area contributed by atoms with Crippen LogP contribution in [0.3, 0.4) is 0 Å². The smallest absolute Gasteiger partial charge is 0.167 e. The molecule has 0 fully saturated rings. The molecule has 0 N–H and O–H groups in total. The molecule has 0 saturated carbocycles. The van der Waals surface area contributed by atoms with Crippen LogP contribution in [0.4, 0.5) is 0 Å². The first-order valence-electron chi connectivity index (χ1n) is 15.8. The average molecular weight is 605 g/mol. The van der Waals surface area contributed by atoms with Crippen LogP contribution in [0.5, 0.6) is 11.5 Å². The molecule has 0 aliphatic carbocycles. The molecule has 0 heterocycles. The predicted molar refractivity (Wildman–Crippen MR) is 186 cm³/mol. The summed E-state index contributed by atoms with van der Waals surface area (Å²) in [7, 11) is 8.37. The van der Waals surface area contributed by atoms with E-state index < -0.39 is 0 Å². The first kappa shape index (κ1) is 33.7. The van der Waals surface area contributed by atoms with Gasteiger partial charge in [0.1, 0.15) is 24.7 Å². The van der Waals surface area contributed by atoms with E-state index >= 15 is 0 Å². The number of allylic oxidation sites excluding steroid dienone is 1. The van der Waals surface area contributed by atoms with Crippen LogP contribution in [-0.2, 0) is 13.2 Å². The van der Waals surface area contributed by atoms with Crippen LogP contribution in [-0.4, -0.2) is 55.9 Å². The molecular formula is C40H48N2O3. The Morgan fingerprint density at radius 1 is 0.622 bits per heavy atom. The normalized spacial score (nSPS) is 14.6. The van der Waals surface area contributed by atoms with Crippen LogP contribution in [0.15, 0.2) is 115 Å². The maximum absolute atomic E-state index is 14.1. The topological polar surface area (TPSA) is 42.0 Å². The summed E-state index contributed by atoms with van der Waals surface area (Å²) < 4.78 is 12.2. The number of hydrogen-bond donors (Lipinski definition) is 0. The molecule has 0 saturated heterocycles. The summed E-state index contributed by atoms with van der Waals surface area (Å²) in [5, 5.41) is 0. The van der Waals surface area contributed by atoms with Gasteiger partial charge in [0.2, 0.25) is 0 Å². The van der Waals surface area contributed by atoms with Crippen molar-refractivity contribution in [3.8, 4) is 11.5 Å². The first-order chi connectivity index (χ1) is 21.7. The molecular weight excluding hydrogens is 556 g/mol. The SMILES string of the molecule is CC=C(c1cccc(OCc2ccccc2)c1)C(C)C(C(C(C)C(=O)c1cccc(OCc2ccccc2)c1)N(C)C)N(C)C.